The Bertz CT molecular complexity index is 373. The second-order valence-corrected chi connectivity index (χ2v) is 4.27. The second kappa shape index (κ2) is 3.27. The summed E-state index contributed by atoms with van der Waals surface area (Å²) in [6, 6.07) is 8.75. The van der Waals surface area contributed by atoms with E-state index in [0.717, 1.165) is 12.3 Å². The summed E-state index contributed by atoms with van der Waals surface area (Å²) in [6.07, 6.45) is 10.9. The van der Waals surface area contributed by atoms with Crippen LogP contribution in [0.3, 0.4) is 0 Å². The standard InChI is InChI=1S/C14H14/c1-2-6-12-10-14-8-4-3-7-13(14)9-11(12)5-1/h1-2,5-6,10,13H,3-4,7,9H2. The van der Waals surface area contributed by atoms with Crippen molar-refractivity contribution >= 4 is 6.08 Å². The highest BCUT2D eigenvalue weighted by atomic mass is 14.3. The average molecular weight is 182 g/mol. The summed E-state index contributed by atoms with van der Waals surface area (Å²) in [6.45, 7) is 0. The molecule has 14 heavy (non-hydrogen) atoms. The van der Waals surface area contributed by atoms with Crippen LogP contribution >= 0.6 is 0 Å². The van der Waals surface area contributed by atoms with Gasteiger partial charge in [0.1, 0.15) is 0 Å². The number of hydrogen-bond donors (Lipinski definition) is 0. The van der Waals surface area contributed by atoms with Gasteiger partial charge in [-0.2, -0.15) is 0 Å². The molecule has 3 rings (SSSR count). The highest BCUT2D eigenvalue weighted by Crippen LogP contribution is 2.37. The zero-order valence-corrected chi connectivity index (χ0v) is 8.29. The van der Waals surface area contributed by atoms with Crippen molar-refractivity contribution in [3.05, 3.63) is 47.4 Å². The third-order valence-electron chi connectivity index (χ3n) is 3.33. The Morgan fingerprint density at radius 3 is 3.14 bits per heavy atom. The lowest BCUT2D eigenvalue weighted by molar-refractivity contribution is 0.493. The lowest BCUT2D eigenvalue weighted by atomic mass is 9.76. The molecule has 0 aromatic heterocycles. The van der Waals surface area contributed by atoms with Gasteiger partial charge in [0.15, 0.2) is 0 Å². The van der Waals surface area contributed by atoms with Crippen LogP contribution in [0.1, 0.15) is 30.4 Å². The van der Waals surface area contributed by atoms with Crippen molar-refractivity contribution in [2.45, 2.75) is 25.7 Å². The molecule has 1 aromatic carbocycles. The minimum absolute atomic E-state index is 0.763. The van der Waals surface area contributed by atoms with E-state index in [0.29, 0.717) is 0 Å². The minimum atomic E-state index is 0.763. The first-order valence-electron chi connectivity index (χ1n) is 5.47. The Morgan fingerprint density at radius 1 is 1.21 bits per heavy atom. The second-order valence-electron chi connectivity index (χ2n) is 4.27. The van der Waals surface area contributed by atoms with Gasteiger partial charge in [-0.15, -0.1) is 0 Å². The average Bonchev–Trinajstić information content (AvgIpc) is 2.26. The number of allylic oxidation sites excluding steroid dienone is 1. The quantitative estimate of drug-likeness (QED) is 0.576. The van der Waals surface area contributed by atoms with E-state index in [1.54, 1.807) is 0 Å². The molecule has 1 saturated carbocycles. The molecule has 0 saturated heterocycles. The van der Waals surface area contributed by atoms with Gasteiger partial charge < -0.3 is 0 Å². The molecule has 70 valence electrons. The van der Waals surface area contributed by atoms with E-state index in [9.17, 15) is 0 Å². The summed E-state index contributed by atoms with van der Waals surface area (Å²) >= 11 is 0. The van der Waals surface area contributed by atoms with Crippen LogP contribution in [0, 0.1) is 12.3 Å². The highest BCUT2D eigenvalue weighted by Gasteiger charge is 2.23. The molecule has 2 radical (unpaired) electrons. The van der Waals surface area contributed by atoms with E-state index in [1.165, 1.54) is 36.0 Å². The summed E-state index contributed by atoms with van der Waals surface area (Å²) < 4.78 is 0. The fourth-order valence-electron chi connectivity index (χ4n) is 2.56. The molecule has 1 fully saturated rings. The van der Waals surface area contributed by atoms with Crippen molar-refractivity contribution in [1.29, 1.82) is 0 Å². The summed E-state index contributed by atoms with van der Waals surface area (Å²) in [5, 5.41) is 0. The van der Waals surface area contributed by atoms with E-state index < -0.39 is 0 Å². The Kier molecular flexibility index (Phi) is 1.93. The third kappa shape index (κ3) is 1.30. The molecule has 0 amide bonds. The van der Waals surface area contributed by atoms with E-state index >= 15 is 0 Å². The van der Waals surface area contributed by atoms with Gasteiger partial charge in [-0.05, 0) is 36.3 Å². The van der Waals surface area contributed by atoms with E-state index in [-0.39, 0.29) is 0 Å². The maximum atomic E-state index is 3.52. The van der Waals surface area contributed by atoms with Gasteiger partial charge in [0.25, 0.3) is 0 Å². The number of rotatable bonds is 0. The zero-order chi connectivity index (χ0) is 9.38. The van der Waals surface area contributed by atoms with Crippen LogP contribution < -0.4 is 0 Å². The van der Waals surface area contributed by atoms with Crippen LogP contribution in [-0.4, -0.2) is 0 Å². The predicted octanol–water partition coefficient (Wildman–Crippen LogP) is 3.51. The van der Waals surface area contributed by atoms with Crippen LogP contribution in [0.4, 0.5) is 0 Å². The fraction of sp³-hybridized carbons (Fsp3) is 0.357. The monoisotopic (exact) mass is 182 g/mol. The van der Waals surface area contributed by atoms with Crippen molar-refractivity contribution in [1.82, 2.24) is 0 Å². The molecule has 0 heteroatoms. The molecule has 0 N–H and O–H groups in total. The van der Waals surface area contributed by atoms with Crippen LogP contribution in [0.2, 0.25) is 0 Å². The van der Waals surface area contributed by atoms with E-state index in [2.05, 4.69) is 36.8 Å². The molecule has 0 nitrogen and oxygen atoms in total. The topological polar surface area (TPSA) is 0 Å². The first-order valence-corrected chi connectivity index (χ1v) is 5.47. The Labute approximate surface area is 85.6 Å². The molecule has 0 heterocycles. The molecule has 1 unspecified atom stereocenters. The summed E-state index contributed by atoms with van der Waals surface area (Å²) in [7, 11) is 0. The first kappa shape index (κ1) is 8.28. The third-order valence-corrected chi connectivity index (χ3v) is 3.33. The molecular formula is C14H14. The molecule has 2 aliphatic carbocycles. The van der Waals surface area contributed by atoms with Gasteiger partial charge in [0.2, 0.25) is 0 Å². The van der Waals surface area contributed by atoms with Gasteiger partial charge in [-0.3, -0.25) is 0 Å². The Morgan fingerprint density at radius 2 is 2.14 bits per heavy atom. The van der Waals surface area contributed by atoms with Crippen LogP contribution in [0.5, 0.6) is 0 Å². The maximum absolute atomic E-state index is 3.52. The first-order chi connectivity index (χ1) is 6.93. The van der Waals surface area contributed by atoms with Crippen molar-refractivity contribution in [2.75, 3.05) is 0 Å². The smallest absolute Gasteiger partial charge is 0.0123 e. The number of hydrogen-bond acceptors (Lipinski definition) is 0. The van der Waals surface area contributed by atoms with Gasteiger partial charge in [0, 0.05) is 6.42 Å². The molecule has 1 atom stereocenters. The molecule has 2 aliphatic rings. The van der Waals surface area contributed by atoms with Gasteiger partial charge in [-0.1, -0.05) is 42.3 Å². The van der Waals surface area contributed by atoms with E-state index in [1.807, 2.05) is 0 Å². The highest BCUT2D eigenvalue weighted by molar-refractivity contribution is 5.62. The van der Waals surface area contributed by atoms with Crippen molar-refractivity contribution in [3.8, 4) is 0 Å². The van der Waals surface area contributed by atoms with Crippen LogP contribution in [-0.2, 0) is 6.42 Å². The van der Waals surface area contributed by atoms with Gasteiger partial charge in [-0.25, -0.2) is 0 Å². The van der Waals surface area contributed by atoms with Gasteiger partial charge >= 0.3 is 0 Å². The molecule has 0 spiro atoms. The van der Waals surface area contributed by atoms with Crippen molar-refractivity contribution in [3.63, 3.8) is 0 Å². The van der Waals surface area contributed by atoms with Crippen LogP contribution in [0.25, 0.3) is 6.08 Å². The molecule has 0 bridgehead atoms. The summed E-state index contributed by atoms with van der Waals surface area (Å²) in [4.78, 5) is 0. The summed E-state index contributed by atoms with van der Waals surface area (Å²) in [5.74, 6) is 0.763. The zero-order valence-electron chi connectivity index (χ0n) is 8.29. The summed E-state index contributed by atoms with van der Waals surface area (Å²) in [5.41, 5.74) is 4.40. The van der Waals surface area contributed by atoms with Crippen molar-refractivity contribution in [2.24, 2.45) is 5.92 Å². The maximum Gasteiger partial charge on any atom is 0.0123 e. The lowest BCUT2D eigenvalue weighted by Crippen LogP contribution is -2.17. The largest absolute Gasteiger partial charge is 0.0620 e. The molecule has 0 aliphatic heterocycles. The fourth-order valence-corrected chi connectivity index (χ4v) is 2.56. The molecule has 1 aromatic rings. The number of fused-ring (bicyclic) bond motifs is 2. The lowest BCUT2D eigenvalue weighted by Gasteiger charge is -2.29. The predicted molar refractivity (Wildman–Crippen MR) is 58.7 cm³/mol. The Balaban J connectivity index is 2.03. The van der Waals surface area contributed by atoms with E-state index in [4.69, 9.17) is 0 Å². The minimum Gasteiger partial charge on any atom is -0.0620 e. The van der Waals surface area contributed by atoms with Crippen molar-refractivity contribution < 1.29 is 0 Å². The van der Waals surface area contributed by atoms with Gasteiger partial charge in [0.05, 0.1) is 0 Å². The Hall–Kier alpha value is -1.04. The SMILES string of the molecule is [C]1CCCC2Cc3ccccc3C=C12. The normalized spacial score (nSPS) is 24.9. The number of benzene rings is 1. The van der Waals surface area contributed by atoms with Crippen LogP contribution in [0.15, 0.2) is 29.8 Å². The molecular weight excluding hydrogens is 168 g/mol.